The molecule has 21 heavy (non-hydrogen) atoms. The number of phenolic OH excluding ortho intramolecular Hbond substituents is 1. The van der Waals surface area contributed by atoms with E-state index in [4.69, 9.17) is 4.74 Å². The molecule has 0 radical (unpaired) electrons. The Labute approximate surface area is 137 Å². The largest absolute Gasteiger partial charge is 0.507 e. The van der Waals surface area contributed by atoms with Crippen LogP contribution in [0.5, 0.6) is 5.75 Å². The van der Waals surface area contributed by atoms with E-state index in [0.717, 1.165) is 25.7 Å². The molecule has 2 N–H and O–H groups in total. The third kappa shape index (κ3) is 4.09. The summed E-state index contributed by atoms with van der Waals surface area (Å²) < 4.78 is 5.46. The molecular weight excluding hydrogens is 385 g/mol. The van der Waals surface area contributed by atoms with Gasteiger partial charge in [0.05, 0.1) is 16.6 Å². The van der Waals surface area contributed by atoms with Crippen LogP contribution in [0.4, 0.5) is 0 Å². The summed E-state index contributed by atoms with van der Waals surface area (Å²) in [6, 6.07) is 4.94. The van der Waals surface area contributed by atoms with Crippen LogP contribution < -0.4 is 5.32 Å². The topological polar surface area (TPSA) is 75.6 Å². The third-order valence-electron chi connectivity index (χ3n) is 3.81. The van der Waals surface area contributed by atoms with Crippen molar-refractivity contribution < 1.29 is 19.4 Å². The van der Waals surface area contributed by atoms with Gasteiger partial charge in [-0.3, -0.25) is 9.59 Å². The molecule has 1 aromatic carbocycles. The molecule has 1 aliphatic carbocycles. The van der Waals surface area contributed by atoms with Crippen LogP contribution in [0.2, 0.25) is 0 Å². The predicted octanol–water partition coefficient (Wildman–Crippen LogP) is 2.46. The van der Waals surface area contributed by atoms with Gasteiger partial charge in [0, 0.05) is 11.6 Å². The molecule has 0 aromatic heterocycles. The quantitative estimate of drug-likeness (QED) is 0.601. The molecule has 0 saturated heterocycles. The minimum atomic E-state index is -0.191. The minimum absolute atomic E-state index is 0.0505. The fourth-order valence-corrected chi connectivity index (χ4v) is 2.90. The highest BCUT2D eigenvalue weighted by molar-refractivity contribution is 14.1. The lowest BCUT2D eigenvalue weighted by Crippen LogP contribution is -2.38. The van der Waals surface area contributed by atoms with Gasteiger partial charge in [-0.1, -0.05) is 0 Å². The Morgan fingerprint density at radius 1 is 1.29 bits per heavy atom. The van der Waals surface area contributed by atoms with Gasteiger partial charge in [-0.15, -0.1) is 0 Å². The van der Waals surface area contributed by atoms with E-state index < -0.39 is 0 Å². The number of hydrogen-bond donors (Lipinski definition) is 2. The van der Waals surface area contributed by atoms with Crippen molar-refractivity contribution in [2.24, 2.45) is 5.92 Å². The summed E-state index contributed by atoms with van der Waals surface area (Å²) in [5.41, 5.74) is 0.447. The Morgan fingerprint density at radius 3 is 2.52 bits per heavy atom. The third-order valence-corrected chi connectivity index (χ3v) is 4.72. The average Bonchev–Trinajstić information content (AvgIpc) is 2.50. The molecule has 0 aliphatic heterocycles. The highest BCUT2D eigenvalue weighted by Gasteiger charge is 2.27. The molecule has 0 atom stereocenters. The lowest BCUT2D eigenvalue weighted by atomic mass is 9.86. The molecular formula is C15H18INO4. The summed E-state index contributed by atoms with van der Waals surface area (Å²) in [6.07, 6.45) is 2.99. The van der Waals surface area contributed by atoms with Crippen molar-refractivity contribution in [2.75, 3.05) is 7.11 Å². The summed E-state index contributed by atoms with van der Waals surface area (Å²) in [5, 5.41) is 12.6. The fraction of sp³-hybridized carbons (Fsp3) is 0.467. The van der Waals surface area contributed by atoms with Crippen LogP contribution in [-0.2, 0) is 9.53 Å². The van der Waals surface area contributed by atoms with Crippen molar-refractivity contribution >= 4 is 34.5 Å². The maximum Gasteiger partial charge on any atom is 0.308 e. The summed E-state index contributed by atoms with van der Waals surface area (Å²) in [7, 11) is 1.40. The van der Waals surface area contributed by atoms with Crippen molar-refractivity contribution in [1.29, 1.82) is 0 Å². The van der Waals surface area contributed by atoms with Gasteiger partial charge < -0.3 is 15.2 Å². The van der Waals surface area contributed by atoms with Crippen LogP contribution in [-0.4, -0.2) is 30.1 Å². The molecule has 1 aliphatic rings. The smallest absolute Gasteiger partial charge is 0.308 e. The molecule has 0 heterocycles. The van der Waals surface area contributed by atoms with E-state index in [1.54, 1.807) is 12.1 Å². The Hall–Kier alpha value is -1.31. The number of ether oxygens (including phenoxy) is 1. The van der Waals surface area contributed by atoms with Gasteiger partial charge in [-0.2, -0.15) is 0 Å². The van der Waals surface area contributed by atoms with E-state index >= 15 is 0 Å². The van der Waals surface area contributed by atoms with Crippen molar-refractivity contribution in [2.45, 2.75) is 31.7 Å². The second-order valence-corrected chi connectivity index (χ2v) is 6.37. The van der Waals surface area contributed by atoms with E-state index in [0.29, 0.717) is 9.13 Å². The molecule has 6 heteroatoms. The Kier molecular flexibility index (Phi) is 5.44. The number of aromatic hydroxyl groups is 1. The second-order valence-electron chi connectivity index (χ2n) is 5.21. The molecule has 2 rings (SSSR count). The standard InChI is InChI=1S/C15H18INO4/c1-21-15(20)9-2-5-11(6-3-9)17-14(19)10-4-7-12(16)13(18)8-10/h4,7-9,11,18H,2-3,5-6H2,1H3,(H,17,19). The van der Waals surface area contributed by atoms with Gasteiger partial charge in [0.25, 0.3) is 5.91 Å². The van der Waals surface area contributed by atoms with Crippen molar-refractivity contribution in [3.8, 4) is 5.75 Å². The number of esters is 1. The highest BCUT2D eigenvalue weighted by atomic mass is 127. The highest BCUT2D eigenvalue weighted by Crippen LogP contribution is 2.26. The number of hydrogen-bond acceptors (Lipinski definition) is 4. The number of carbonyl (C=O) groups is 2. The fourth-order valence-electron chi connectivity index (χ4n) is 2.56. The SMILES string of the molecule is COC(=O)C1CCC(NC(=O)c2ccc(I)c(O)c2)CC1. The van der Waals surface area contributed by atoms with Crippen LogP contribution in [0, 0.1) is 9.49 Å². The summed E-state index contributed by atoms with van der Waals surface area (Å²) in [4.78, 5) is 23.6. The van der Waals surface area contributed by atoms with E-state index in [9.17, 15) is 14.7 Å². The van der Waals surface area contributed by atoms with E-state index in [2.05, 4.69) is 5.32 Å². The van der Waals surface area contributed by atoms with E-state index in [1.165, 1.54) is 13.2 Å². The van der Waals surface area contributed by atoms with Crippen LogP contribution in [0.15, 0.2) is 18.2 Å². The van der Waals surface area contributed by atoms with Crippen LogP contribution in [0.1, 0.15) is 36.0 Å². The second kappa shape index (κ2) is 7.11. The van der Waals surface area contributed by atoms with Crippen molar-refractivity contribution in [1.82, 2.24) is 5.32 Å². The number of methoxy groups -OCH3 is 1. The lowest BCUT2D eigenvalue weighted by Gasteiger charge is -2.27. The van der Waals surface area contributed by atoms with Gasteiger partial charge in [0.15, 0.2) is 0 Å². The molecule has 0 bridgehead atoms. The van der Waals surface area contributed by atoms with Gasteiger partial charge >= 0.3 is 5.97 Å². The normalized spacial score (nSPS) is 21.6. The average molecular weight is 403 g/mol. The number of phenols is 1. The zero-order chi connectivity index (χ0) is 15.4. The summed E-state index contributed by atoms with van der Waals surface area (Å²) in [6.45, 7) is 0. The number of nitrogens with one attached hydrogen (secondary N) is 1. The number of carbonyl (C=O) groups excluding carboxylic acids is 2. The van der Waals surface area contributed by atoms with E-state index in [1.807, 2.05) is 22.6 Å². The summed E-state index contributed by atoms with van der Waals surface area (Å²) in [5.74, 6) is -0.297. The maximum absolute atomic E-state index is 12.1. The number of amides is 1. The van der Waals surface area contributed by atoms with Gasteiger partial charge in [-0.25, -0.2) is 0 Å². The molecule has 114 valence electrons. The Balaban J connectivity index is 1.89. The number of benzene rings is 1. The predicted molar refractivity (Wildman–Crippen MR) is 86.1 cm³/mol. The first kappa shape index (κ1) is 16.1. The molecule has 1 aromatic rings. The number of halogens is 1. The minimum Gasteiger partial charge on any atom is -0.507 e. The monoisotopic (exact) mass is 403 g/mol. The van der Waals surface area contributed by atoms with E-state index in [-0.39, 0.29) is 29.6 Å². The first-order valence-corrected chi connectivity index (χ1v) is 7.96. The molecule has 0 unspecified atom stereocenters. The first-order chi connectivity index (χ1) is 10.0. The maximum atomic E-state index is 12.1. The molecule has 5 nitrogen and oxygen atoms in total. The molecule has 0 spiro atoms. The first-order valence-electron chi connectivity index (χ1n) is 6.88. The molecule has 1 fully saturated rings. The summed E-state index contributed by atoms with van der Waals surface area (Å²) >= 11 is 2.01. The Morgan fingerprint density at radius 2 is 1.95 bits per heavy atom. The van der Waals surface area contributed by atoms with Crippen LogP contribution >= 0.6 is 22.6 Å². The van der Waals surface area contributed by atoms with Crippen LogP contribution in [0.25, 0.3) is 0 Å². The Bertz CT molecular complexity index is 538. The van der Waals surface area contributed by atoms with Gasteiger partial charge in [0.2, 0.25) is 0 Å². The molecule has 1 amide bonds. The number of rotatable bonds is 3. The van der Waals surface area contributed by atoms with Gasteiger partial charge in [0.1, 0.15) is 5.75 Å². The molecule has 1 saturated carbocycles. The van der Waals surface area contributed by atoms with Gasteiger partial charge in [-0.05, 0) is 66.5 Å². The van der Waals surface area contributed by atoms with Crippen molar-refractivity contribution in [3.05, 3.63) is 27.3 Å². The van der Waals surface area contributed by atoms with Crippen molar-refractivity contribution in [3.63, 3.8) is 0 Å². The zero-order valence-corrected chi connectivity index (χ0v) is 13.9. The zero-order valence-electron chi connectivity index (χ0n) is 11.8. The lowest BCUT2D eigenvalue weighted by molar-refractivity contribution is -0.146. The van der Waals surface area contributed by atoms with Crippen LogP contribution in [0.3, 0.4) is 0 Å².